The SMILES string of the molecule is CCc1cc(CC)c(CCl)c(CC)c1Br. The maximum absolute atomic E-state index is 6.04. The van der Waals surface area contributed by atoms with E-state index in [1.807, 2.05) is 0 Å². The molecule has 0 amide bonds. The highest BCUT2D eigenvalue weighted by molar-refractivity contribution is 9.10. The molecule has 0 aliphatic rings. The van der Waals surface area contributed by atoms with Crippen molar-refractivity contribution in [1.82, 2.24) is 0 Å². The lowest BCUT2D eigenvalue weighted by atomic mass is 9.94. The second kappa shape index (κ2) is 5.91. The lowest BCUT2D eigenvalue weighted by Gasteiger charge is -2.16. The standard InChI is InChI=1S/C13H18BrCl/c1-4-9-7-10(5-2)13(14)11(6-3)12(9)8-15/h7H,4-6,8H2,1-3H3. The lowest BCUT2D eigenvalue weighted by Crippen LogP contribution is -2.01. The van der Waals surface area contributed by atoms with E-state index in [0.29, 0.717) is 5.88 Å². The normalized spacial score (nSPS) is 10.7. The summed E-state index contributed by atoms with van der Waals surface area (Å²) in [5.74, 6) is 0.620. The summed E-state index contributed by atoms with van der Waals surface area (Å²) < 4.78 is 1.26. The molecule has 0 nitrogen and oxygen atoms in total. The summed E-state index contributed by atoms with van der Waals surface area (Å²) in [6.07, 6.45) is 3.18. The van der Waals surface area contributed by atoms with Crippen LogP contribution in [0.25, 0.3) is 0 Å². The summed E-state index contributed by atoms with van der Waals surface area (Å²) in [6, 6.07) is 2.29. The first-order chi connectivity index (χ1) is 7.19. The van der Waals surface area contributed by atoms with Crippen LogP contribution in [0.5, 0.6) is 0 Å². The van der Waals surface area contributed by atoms with E-state index in [0.717, 1.165) is 19.3 Å². The van der Waals surface area contributed by atoms with Crippen molar-refractivity contribution in [3.8, 4) is 0 Å². The van der Waals surface area contributed by atoms with Crippen LogP contribution in [-0.4, -0.2) is 0 Å². The van der Waals surface area contributed by atoms with Crippen LogP contribution in [0.1, 0.15) is 43.0 Å². The first-order valence-corrected chi connectivity index (χ1v) is 6.90. The second-order valence-electron chi connectivity index (χ2n) is 3.66. The van der Waals surface area contributed by atoms with Crippen molar-refractivity contribution in [3.63, 3.8) is 0 Å². The summed E-state index contributed by atoms with van der Waals surface area (Å²) in [7, 11) is 0. The molecule has 0 spiro atoms. The summed E-state index contributed by atoms with van der Waals surface area (Å²) in [5.41, 5.74) is 5.52. The number of rotatable bonds is 4. The molecular weight excluding hydrogens is 271 g/mol. The van der Waals surface area contributed by atoms with Gasteiger partial charge in [0.25, 0.3) is 0 Å². The fourth-order valence-corrected chi connectivity index (χ4v) is 3.24. The van der Waals surface area contributed by atoms with Crippen LogP contribution in [0.15, 0.2) is 10.5 Å². The highest BCUT2D eigenvalue weighted by atomic mass is 79.9. The predicted molar refractivity (Wildman–Crippen MR) is 71.8 cm³/mol. The van der Waals surface area contributed by atoms with Crippen LogP contribution in [-0.2, 0) is 25.1 Å². The molecule has 0 atom stereocenters. The zero-order chi connectivity index (χ0) is 11.4. The molecular formula is C13H18BrCl. The van der Waals surface area contributed by atoms with Gasteiger partial charge in [-0.1, -0.05) is 42.8 Å². The minimum absolute atomic E-state index is 0.620. The smallest absolute Gasteiger partial charge is 0.0479 e. The zero-order valence-corrected chi connectivity index (χ0v) is 12.0. The minimum Gasteiger partial charge on any atom is -0.122 e. The zero-order valence-electron chi connectivity index (χ0n) is 9.66. The minimum atomic E-state index is 0.620. The maximum Gasteiger partial charge on any atom is 0.0479 e. The third kappa shape index (κ3) is 2.57. The third-order valence-corrected chi connectivity index (χ3v) is 4.15. The molecule has 84 valence electrons. The van der Waals surface area contributed by atoms with Crippen molar-refractivity contribution in [1.29, 1.82) is 0 Å². The molecule has 1 aromatic carbocycles. The Morgan fingerprint density at radius 3 is 2.00 bits per heavy atom. The average molecular weight is 290 g/mol. The van der Waals surface area contributed by atoms with E-state index < -0.39 is 0 Å². The Balaban J connectivity index is 3.43. The monoisotopic (exact) mass is 288 g/mol. The highest BCUT2D eigenvalue weighted by Crippen LogP contribution is 2.30. The molecule has 0 aliphatic heterocycles. The number of benzene rings is 1. The average Bonchev–Trinajstić information content (AvgIpc) is 2.28. The summed E-state index contributed by atoms with van der Waals surface area (Å²) >= 11 is 9.74. The Morgan fingerprint density at radius 2 is 1.60 bits per heavy atom. The molecule has 15 heavy (non-hydrogen) atoms. The largest absolute Gasteiger partial charge is 0.122 e. The van der Waals surface area contributed by atoms with E-state index in [2.05, 4.69) is 42.8 Å². The molecule has 0 saturated carbocycles. The molecule has 1 aromatic rings. The van der Waals surface area contributed by atoms with Gasteiger partial charge in [-0.15, -0.1) is 11.6 Å². The molecule has 0 N–H and O–H groups in total. The van der Waals surface area contributed by atoms with Gasteiger partial charge in [0, 0.05) is 10.4 Å². The van der Waals surface area contributed by atoms with E-state index in [9.17, 15) is 0 Å². The van der Waals surface area contributed by atoms with Crippen LogP contribution >= 0.6 is 27.5 Å². The van der Waals surface area contributed by atoms with Crippen LogP contribution in [0.3, 0.4) is 0 Å². The van der Waals surface area contributed by atoms with Crippen LogP contribution < -0.4 is 0 Å². The summed E-state index contributed by atoms with van der Waals surface area (Å²) in [4.78, 5) is 0. The predicted octanol–water partition coefficient (Wildman–Crippen LogP) is 4.88. The van der Waals surface area contributed by atoms with Crippen molar-refractivity contribution in [2.45, 2.75) is 45.9 Å². The second-order valence-corrected chi connectivity index (χ2v) is 4.72. The first kappa shape index (κ1) is 13.1. The Bertz CT molecular complexity index is 345. The van der Waals surface area contributed by atoms with Gasteiger partial charge < -0.3 is 0 Å². The van der Waals surface area contributed by atoms with Gasteiger partial charge in [0.05, 0.1) is 0 Å². The molecule has 0 bridgehead atoms. The van der Waals surface area contributed by atoms with Crippen molar-refractivity contribution < 1.29 is 0 Å². The van der Waals surface area contributed by atoms with E-state index in [4.69, 9.17) is 11.6 Å². The van der Waals surface area contributed by atoms with Gasteiger partial charge in [0.1, 0.15) is 0 Å². The molecule has 0 radical (unpaired) electrons. The van der Waals surface area contributed by atoms with Crippen molar-refractivity contribution in [2.75, 3.05) is 0 Å². The fraction of sp³-hybridized carbons (Fsp3) is 0.538. The molecule has 2 heteroatoms. The lowest BCUT2D eigenvalue weighted by molar-refractivity contribution is 0.991. The number of halogens is 2. The van der Waals surface area contributed by atoms with Gasteiger partial charge in [-0.2, -0.15) is 0 Å². The van der Waals surface area contributed by atoms with Crippen LogP contribution in [0, 0.1) is 0 Å². The van der Waals surface area contributed by atoms with E-state index in [1.165, 1.54) is 26.7 Å². The van der Waals surface area contributed by atoms with Crippen LogP contribution in [0.4, 0.5) is 0 Å². The maximum atomic E-state index is 6.04. The quantitative estimate of drug-likeness (QED) is 0.693. The van der Waals surface area contributed by atoms with Crippen LogP contribution in [0.2, 0.25) is 0 Å². The number of hydrogen-bond acceptors (Lipinski definition) is 0. The van der Waals surface area contributed by atoms with Crippen molar-refractivity contribution in [3.05, 3.63) is 32.8 Å². The van der Waals surface area contributed by atoms with Crippen molar-refractivity contribution in [2.24, 2.45) is 0 Å². The number of aryl methyl sites for hydroxylation is 2. The van der Waals surface area contributed by atoms with E-state index >= 15 is 0 Å². The molecule has 1 rings (SSSR count). The Labute approximate surface area is 106 Å². The van der Waals surface area contributed by atoms with Gasteiger partial charge in [-0.25, -0.2) is 0 Å². The molecule has 0 saturated heterocycles. The van der Waals surface area contributed by atoms with E-state index in [1.54, 1.807) is 0 Å². The van der Waals surface area contributed by atoms with Gasteiger partial charge in [0.15, 0.2) is 0 Å². The summed E-state index contributed by atoms with van der Waals surface area (Å²) in [6.45, 7) is 6.58. The van der Waals surface area contributed by atoms with Gasteiger partial charge in [-0.05, 0) is 41.5 Å². The Morgan fingerprint density at radius 1 is 1.00 bits per heavy atom. The molecule has 0 aromatic heterocycles. The number of alkyl halides is 1. The Hall–Kier alpha value is -0.0100. The van der Waals surface area contributed by atoms with Gasteiger partial charge >= 0.3 is 0 Å². The molecule has 0 aliphatic carbocycles. The fourth-order valence-electron chi connectivity index (χ4n) is 1.99. The van der Waals surface area contributed by atoms with Gasteiger partial charge in [-0.3, -0.25) is 0 Å². The molecule has 0 unspecified atom stereocenters. The van der Waals surface area contributed by atoms with Gasteiger partial charge in [0.2, 0.25) is 0 Å². The highest BCUT2D eigenvalue weighted by Gasteiger charge is 2.12. The van der Waals surface area contributed by atoms with E-state index in [-0.39, 0.29) is 0 Å². The number of hydrogen-bond donors (Lipinski definition) is 0. The third-order valence-electron chi connectivity index (χ3n) is 2.90. The van der Waals surface area contributed by atoms with Crippen molar-refractivity contribution >= 4 is 27.5 Å². The summed E-state index contributed by atoms with van der Waals surface area (Å²) in [5, 5.41) is 0. The first-order valence-electron chi connectivity index (χ1n) is 5.57. The Kier molecular flexibility index (Phi) is 5.14. The molecule has 0 heterocycles. The molecule has 0 fully saturated rings. The topological polar surface area (TPSA) is 0 Å².